The summed E-state index contributed by atoms with van der Waals surface area (Å²) in [4.78, 5) is 11.7. The zero-order chi connectivity index (χ0) is 13.5. The molecule has 2 N–H and O–H groups in total. The Bertz CT molecular complexity index is 496. The molecule has 1 aromatic heterocycles. The summed E-state index contributed by atoms with van der Waals surface area (Å²) >= 11 is 1.54. The number of benzene rings is 1. The standard InChI is InChI=1S/C15H17NO2S/c17-14(13-8-9-19-11-13)10-16-15(18)7-6-12-4-2-1-3-5-12/h1-5,8-9,11,14,17H,6-7,10H2,(H,16,18)/t14-/m0/s1. The van der Waals surface area contributed by atoms with E-state index in [-0.39, 0.29) is 12.5 Å². The van der Waals surface area contributed by atoms with Crippen LogP contribution in [0, 0.1) is 0 Å². The van der Waals surface area contributed by atoms with E-state index in [9.17, 15) is 9.90 Å². The van der Waals surface area contributed by atoms with Crippen molar-refractivity contribution in [2.24, 2.45) is 0 Å². The lowest BCUT2D eigenvalue weighted by atomic mass is 10.1. The average molecular weight is 275 g/mol. The van der Waals surface area contributed by atoms with E-state index in [2.05, 4.69) is 5.32 Å². The minimum atomic E-state index is -0.619. The first-order valence-corrected chi connectivity index (χ1v) is 7.21. The molecule has 100 valence electrons. The molecule has 4 heteroatoms. The Labute approximate surface area is 116 Å². The van der Waals surface area contributed by atoms with Crippen molar-refractivity contribution in [1.29, 1.82) is 0 Å². The van der Waals surface area contributed by atoms with Gasteiger partial charge in [0.2, 0.25) is 5.91 Å². The molecular weight excluding hydrogens is 258 g/mol. The van der Waals surface area contributed by atoms with Gasteiger partial charge in [-0.05, 0) is 34.4 Å². The number of aliphatic hydroxyl groups is 1. The number of carbonyl (C=O) groups excluding carboxylic acids is 1. The Kier molecular flexibility index (Phi) is 5.12. The summed E-state index contributed by atoms with van der Waals surface area (Å²) in [6, 6.07) is 11.8. The normalized spacial score (nSPS) is 12.1. The molecule has 3 nitrogen and oxygen atoms in total. The first kappa shape index (κ1) is 13.8. The van der Waals surface area contributed by atoms with Crippen LogP contribution in [-0.2, 0) is 11.2 Å². The molecule has 0 spiro atoms. The third-order valence-corrected chi connectivity index (χ3v) is 3.61. The molecule has 0 aliphatic carbocycles. The first-order chi connectivity index (χ1) is 9.25. The van der Waals surface area contributed by atoms with Crippen molar-refractivity contribution in [1.82, 2.24) is 5.32 Å². The van der Waals surface area contributed by atoms with Gasteiger partial charge in [-0.2, -0.15) is 11.3 Å². The van der Waals surface area contributed by atoms with Crippen LogP contribution in [0.15, 0.2) is 47.2 Å². The first-order valence-electron chi connectivity index (χ1n) is 6.26. The van der Waals surface area contributed by atoms with Gasteiger partial charge in [-0.1, -0.05) is 30.3 Å². The summed E-state index contributed by atoms with van der Waals surface area (Å²) in [6.07, 6.45) is 0.550. The van der Waals surface area contributed by atoms with Crippen LogP contribution in [0.2, 0.25) is 0 Å². The molecule has 0 aliphatic heterocycles. The van der Waals surface area contributed by atoms with Gasteiger partial charge >= 0.3 is 0 Å². The van der Waals surface area contributed by atoms with Crippen LogP contribution < -0.4 is 5.32 Å². The molecule has 0 saturated heterocycles. The highest BCUT2D eigenvalue weighted by Crippen LogP contribution is 2.15. The second-order valence-electron chi connectivity index (χ2n) is 4.36. The minimum Gasteiger partial charge on any atom is -0.387 e. The van der Waals surface area contributed by atoms with Gasteiger partial charge in [0.1, 0.15) is 0 Å². The number of aryl methyl sites for hydroxylation is 1. The van der Waals surface area contributed by atoms with Crippen molar-refractivity contribution in [2.75, 3.05) is 6.54 Å². The van der Waals surface area contributed by atoms with Gasteiger partial charge in [0.05, 0.1) is 6.10 Å². The van der Waals surface area contributed by atoms with Crippen molar-refractivity contribution in [3.05, 3.63) is 58.3 Å². The lowest BCUT2D eigenvalue weighted by Gasteiger charge is -2.10. The number of thiophene rings is 1. The molecule has 0 fully saturated rings. The summed E-state index contributed by atoms with van der Waals surface area (Å²) in [6.45, 7) is 0.268. The van der Waals surface area contributed by atoms with E-state index in [1.165, 1.54) is 11.3 Å². The Morgan fingerprint density at radius 2 is 2.05 bits per heavy atom. The highest BCUT2D eigenvalue weighted by atomic mass is 32.1. The zero-order valence-electron chi connectivity index (χ0n) is 10.6. The van der Waals surface area contributed by atoms with Crippen LogP contribution in [0.4, 0.5) is 0 Å². The molecule has 2 rings (SSSR count). The maximum atomic E-state index is 11.7. The zero-order valence-corrected chi connectivity index (χ0v) is 11.4. The topological polar surface area (TPSA) is 49.3 Å². The predicted molar refractivity (Wildman–Crippen MR) is 77.1 cm³/mol. The number of nitrogens with one attached hydrogen (secondary N) is 1. The molecule has 0 bridgehead atoms. The van der Waals surface area contributed by atoms with Crippen molar-refractivity contribution < 1.29 is 9.90 Å². The van der Waals surface area contributed by atoms with Crippen molar-refractivity contribution in [3.63, 3.8) is 0 Å². The molecule has 19 heavy (non-hydrogen) atoms. The van der Waals surface area contributed by atoms with E-state index in [0.717, 1.165) is 17.5 Å². The summed E-state index contributed by atoms with van der Waals surface area (Å²) < 4.78 is 0. The maximum absolute atomic E-state index is 11.7. The average Bonchev–Trinajstić information content (AvgIpc) is 2.98. The van der Waals surface area contributed by atoms with E-state index in [0.29, 0.717) is 6.42 Å². The van der Waals surface area contributed by atoms with Gasteiger partial charge in [0, 0.05) is 13.0 Å². The summed E-state index contributed by atoms with van der Waals surface area (Å²) in [5.41, 5.74) is 2.00. The van der Waals surface area contributed by atoms with Crippen LogP contribution >= 0.6 is 11.3 Å². The van der Waals surface area contributed by atoms with Gasteiger partial charge < -0.3 is 10.4 Å². The van der Waals surface area contributed by atoms with Gasteiger partial charge in [0.15, 0.2) is 0 Å². The molecule has 0 aliphatic rings. The summed E-state index contributed by atoms with van der Waals surface area (Å²) in [7, 11) is 0. The molecule has 0 saturated carbocycles. The molecular formula is C15H17NO2S. The fraction of sp³-hybridized carbons (Fsp3) is 0.267. The fourth-order valence-corrected chi connectivity index (χ4v) is 2.49. The van der Waals surface area contributed by atoms with E-state index in [1.807, 2.05) is 47.2 Å². The van der Waals surface area contributed by atoms with E-state index < -0.39 is 6.10 Å². The minimum absolute atomic E-state index is 0.0295. The fourth-order valence-electron chi connectivity index (χ4n) is 1.78. The van der Waals surface area contributed by atoms with Crippen molar-refractivity contribution in [2.45, 2.75) is 18.9 Å². The summed E-state index contributed by atoms with van der Waals surface area (Å²) in [5.74, 6) is -0.0295. The Morgan fingerprint density at radius 3 is 2.74 bits per heavy atom. The smallest absolute Gasteiger partial charge is 0.220 e. The van der Waals surface area contributed by atoms with E-state index in [1.54, 1.807) is 0 Å². The molecule has 0 unspecified atom stereocenters. The van der Waals surface area contributed by atoms with Crippen LogP contribution in [0.5, 0.6) is 0 Å². The van der Waals surface area contributed by atoms with Crippen molar-refractivity contribution >= 4 is 17.2 Å². The second kappa shape index (κ2) is 7.07. The second-order valence-corrected chi connectivity index (χ2v) is 5.14. The number of hydrogen-bond donors (Lipinski definition) is 2. The number of rotatable bonds is 6. The van der Waals surface area contributed by atoms with Gasteiger partial charge in [-0.25, -0.2) is 0 Å². The largest absolute Gasteiger partial charge is 0.387 e. The SMILES string of the molecule is O=C(CCc1ccccc1)NC[C@H](O)c1ccsc1. The number of carbonyl (C=O) groups is 1. The van der Waals surface area contributed by atoms with Crippen molar-refractivity contribution in [3.8, 4) is 0 Å². The highest BCUT2D eigenvalue weighted by molar-refractivity contribution is 7.07. The molecule has 2 aromatic rings. The maximum Gasteiger partial charge on any atom is 0.220 e. The monoisotopic (exact) mass is 275 g/mol. The number of aliphatic hydroxyl groups excluding tert-OH is 1. The Hall–Kier alpha value is -1.65. The number of hydrogen-bond acceptors (Lipinski definition) is 3. The predicted octanol–water partition coefficient (Wildman–Crippen LogP) is 2.53. The van der Waals surface area contributed by atoms with Crippen LogP contribution in [0.1, 0.15) is 23.7 Å². The lowest BCUT2D eigenvalue weighted by molar-refractivity contribution is -0.121. The molecule has 0 radical (unpaired) electrons. The molecule has 1 heterocycles. The lowest BCUT2D eigenvalue weighted by Crippen LogP contribution is -2.28. The van der Waals surface area contributed by atoms with E-state index >= 15 is 0 Å². The van der Waals surface area contributed by atoms with Gasteiger partial charge in [-0.15, -0.1) is 0 Å². The quantitative estimate of drug-likeness (QED) is 0.851. The highest BCUT2D eigenvalue weighted by Gasteiger charge is 2.09. The Morgan fingerprint density at radius 1 is 1.26 bits per heavy atom. The summed E-state index contributed by atoms with van der Waals surface area (Å²) in [5, 5.41) is 16.4. The molecule has 1 amide bonds. The van der Waals surface area contributed by atoms with Gasteiger partial charge in [0.25, 0.3) is 0 Å². The third-order valence-electron chi connectivity index (χ3n) is 2.90. The third kappa shape index (κ3) is 4.50. The Balaban J connectivity index is 1.70. The molecule has 1 atom stereocenters. The molecule has 1 aromatic carbocycles. The van der Waals surface area contributed by atoms with Gasteiger partial charge in [-0.3, -0.25) is 4.79 Å². The van der Waals surface area contributed by atoms with Crippen LogP contribution in [0.3, 0.4) is 0 Å². The van der Waals surface area contributed by atoms with Crippen LogP contribution in [0.25, 0.3) is 0 Å². The van der Waals surface area contributed by atoms with E-state index in [4.69, 9.17) is 0 Å². The van der Waals surface area contributed by atoms with Crippen LogP contribution in [-0.4, -0.2) is 17.6 Å². The number of amides is 1.